The van der Waals surface area contributed by atoms with Crippen LogP contribution in [0, 0.1) is 0 Å². The van der Waals surface area contributed by atoms with Gasteiger partial charge in [0.25, 0.3) is 5.91 Å². The van der Waals surface area contributed by atoms with E-state index < -0.39 is 10.0 Å². The number of hydrogen-bond acceptors (Lipinski definition) is 8. The van der Waals surface area contributed by atoms with Crippen molar-refractivity contribution in [3.63, 3.8) is 0 Å². The monoisotopic (exact) mass is 512 g/mol. The predicted octanol–water partition coefficient (Wildman–Crippen LogP) is 2.89. The number of para-hydroxylation sites is 1. The Morgan fingerprint density at radius 1 is 1.00 bits per heavy atom. The number of likely N-dealkylation sites (tertiary alicyclic amines) is 1. The molecule has 5 rings (SSSR count). The van der Waals surface area contributed by atoms with Gasteiger partial charge in [-0.2, -0.15) is 9.29 Å². The number of carbonyl (C=O) groups excluding carboxylic acids is 1. The zero-order chi connectivity index (χ0) is 25.0. The fraction of sp³-hybridized carbons (Fsp3) is 0.400. The number of benzene rings is 2. The van der Waals surface area contributed by atoms with Crippen molar-refractivity contribution >= 4 is 15.9 Å². The standard InChI is InChI=1S/C25H28N4O6S/c30-23(18-34-20-6-2-1-3-7-20)29-13-5-4-8-22(29)25-26-24(27-35-25)19-9-11-21(12-10-19)36(31,32)28-14-16-33-17-15-28/h1-3,6-7,9-12,22H,4-5,8,13-18H2/t22-/m1/s1. The van der Waals surface area contributed by atoms with Crippen molar-refractivity contribution < 1.29 is 27.2 Å². The third-order valence-corrected chi connectivity index (χ3v) is 8.29. The van der Waals surface area contributed by atoms with Crippen LogP contribution in [0.2, 0.25) is 0 Å². The van der Waals surface area contributed by atoms with Crippen molar-refractivity contribution in [3.05, 3.63) is 60.5 Å². The summed E-state index contributed by atoms with van der Waals surface area (Å²) in [6.45, 7) is 1.98. The van der Waals surface area contributed by atoms with Gasteiger partial charge in [-0.3, -0.25) is 4.79 Å². The van der Waals surface area contributed by atoms with Crippen molar-refractivity contribution in [1.82, 2.24) is 19.3 Å². The molecule has 0 aliphatic carbocycles. The van der Waals surface area contributed by atoms with Crippen LogP contribution in [0.15, 0.2) is 64.0 Å². The summed E-state index contributed by atoms with van der Waals surface area (Å²) in [5.74, 6) is 1.21. The van der Waals surface area contributed by atoms with Crippen LogP contribution in [0.4, 0.5) is 0 Å². The van der Waals surface area contributed by atoms with Crippen molar-refractivity contribution in [3.8, 4) is 17.1 Å². The quantitative estimate of drug-likeness (QED) is 0.475. The van der Waals surface area contributed by atoms with E-state index in [1.165, 1.54) is 4.31 Å². The van der Waals surface area contributed by atoms with Gasteiger partial charge in [-0.15, -0.1) is 0 Å². The minimum absolute atomic E-state index is 0.0689. The van der Waals surface area contributed by atoms with Gasteiger partial charge in [-0.05, 0) is 55.7 Å². The highest BCUT2D eigenvalue weighted by atomic mass is 32.2. The van der Waals surface area contributed by atoms with Crippen molar-refractivity contribution in [2.45, 2.75) is 30.2 Å². The Balaban J connectivity index is 1.28. The highest BCUT2D eigenvalue weighted by Gasteiger charge is 2.32. The number of nitrogens with zero attached hydrogens (tertiary/aromatic N) is 4. The van der Waals surface area contributed by atoms with Gasteiger partial charge in [0.2, 0.25) is 21.7 Å². The van der Waals surface area contributed by atoms with E-state index in [1.807, 2.05) is 30.3 Å². The molecule has 0 spiro atoms. The van der Waals surface area contributed by atoms with Gasteiger partial charge in [-0.25, -0.2) is 8.42 Å². The van der Waals surface area contributed by atoms with Crippen LogP contribution in [-0.2, 0) is 19.6 Å². The summed E-state index contributed by atoms with van der Waals surface area (Å²) < 4.78 is 43.6. The summed E-state index contributed by atoms with van der Waals surface area (Å²) in [4.78, 5) is 19.4. The third kappa shape index (κ3) is 5.28. The average molecular weight is 513 g/mol. The fourth-order valence-electron chi connectivity index (χ4n) is 4.43. The van der Waals surface area contributed by atoms with E-state index in [0.29, 0.717) is 55.9 Å². The molecular formula is C25H28N4O6S. The molecule has 3 aromatic rings. The highest BCUT2D eigenvalue weighted by Crippen LogP contribution is 2.31. The van der Waals surface area contributed by atoms with Crippen molar-refractivity contribution in [2.24, 2.45) is 0 Å². The maximum absolute atomic E-state index is 12.9. The third-order valence-electron chi connectivity index (χ3n) is 6.38. The molecule has 3 heterocycles. The molecule has 2 fully saturated rings. The first kappa shape index (κ1) is 24.4. The SMILES string of the molecule is O=C(COc1ccccc1)N1CCCC[C@@H]1c1nc(-c2ccc(S(=O)(=O)N3CCOCC3)cc2)no1. The Morgan fingerprint density at radius 3 is 2.50 bits per heavy atom. The number of ether oxygens (including phenoxy) is 2. The molecule has 2 aliphatic rings. The van der Waals surface area contributed by atoms with Crippen LogP contribution < -0.4 is 4.74 Å². The Hall–Kier alpha value is -3.28. The van der Waals surface area contributed by atoms with Gasteiger partial charge >= 0.3 is 0 Å². The lowest BCUT2D eigenvalue weighted by Crippen LogP contribution is -2.41. The van der Waals surface area contributed by atoms with Crippen LogP contribution >= 0.6 is 0 Å². The molecule has 0 unspecified atom stereocenters. The van der Waals surface area contributed by atoms with Crippen molar-refractivity contribution in [2.75, 3.05) is 39.5 Å². The Labute approximate surface area is 209 Å². The molecule has 190 valence electrons. The fourth-order valence-corrected chi connectivity index (χ4v) is 5.84. The summed E-state index contributed by atoms with van der Waals surface area (Å²) in [6.07, 6.45) is 2.56. The first-order chi connectivity index (χ1) is 17.5. The Kier molecular flexibility index (Phi) is 7.30. The number of piperidine rings is 1. The largest absolute Gasteiger partial charge is 0.484 e. The normalized spacial score (nSPS) is 19.2. The molecule has 36 heavy (non-hydrogen) atoms. The van der Waals surface area contributed by atoms with E-state index in [4.69, 9.17) is 14.0 Å². The number of aromatic nitrogens is 2. The molecule has 2 saturated heterocycles. The molecule has 2 aliphatic heterocycles. The van der Waals surface area contributed by atoms with E-state index >= 15 is 0 Å². The number of carbonyl (C=O) groups is 1. The first-order valence-corrected chi connectivity index (χ1v) is 13.5. The highest BCUT2D eigenvalue weighted by molar-refractivity contribution is 7.89. The second kappa shape index (κ2) is 10.8. The minimum Gasteiger partial charge on any atom is -0.484 e. The lowest BCUT2D eigenvalue weighted by Gasteiger charge is -2.33. The summed E-state index contributed by atoms with van der Waals surface area (Å²) in [5, 5.41) is 4.10. The molecule has 0 bridgehead atoms. The van der Waals surface area contributed by atoms with E-state index in [1.54, 1.807) is 29.2 Å². The maximum Gasteiger partial charge on any atom is 0.261 e. The molecular weight excluding hydrogens is 484 g/mol. The van der Waals surface area contributed by atoms with Gasteiger partial charge < -0.3 is 18.9 Å². The number of rotatable bonds is 7. The van der Waals surface area contributed by atoms with Crippen LogP contribution in [0.5, 0.6) is 5.75 Å². The second-order valence-corrected chi connectivity index (χ2v) is 10.6. The zero-order valence-corrected chi connectivity index (χ0v) is 20.6. The second-order valence-electron chi connectivity index (χ2n) is 8.70. The summed E-state index contributed by atoms with van der Waals surface area (Å²) >= 11 is 0. The number of hydrogen-bond donors (Lipinski definition) is 0. The molecule has 1 atom stereocenters. The Morgan fingerprint density at radius 2 is 1.75 bits per heavy atom. The van der Waals surface area contributed by atoms with Gasteiger partial charge in [0.15, 0.2) is 6.61 Å². The molecule has 10 nitrogen and oxygen atoms in total. The first-order valence-electron chi connectivity index (χ1n) is 12.0. The molecule has 1 amide bonds. The van der Waals surface area contributed by atoms with E-state index in [2.05, 4.69) is 10.1 Å². The number of amides is 1. The van der Waals surface area contributed by atoms with E-state index in [9.17, 15) is 13.2 Å². The molecule has 0 radical (unpaired) electrons. The van der Waals surface area contributed by atoms with Crippen molar-refractivity contribution in [1.29, 1.82) is 0 Å². The van der Waals surface area contributed by atoms with Gasteiger partial charge in [0.05, 0.1) is 18.1 Å². The lowest BCUT2D eigenvalue weighted by atomic mass is 10.0. The summed E-state index contributed by atoms with van der Waals surface area (Å²) in [7, 11) is -3.58. The number of morpholine rings is 1. The summed E-state index contributed by atoms with van der Waals surface area (Å²) in [5.41, 5.74) is 0.632. The van der Waals surface area contributed by atoms with Crippen LogP contribution in [0.1, 0.15) is 31.2 Å². The Bertz CT molecular complexity index is 1270. The van der Waals surface area contributed by atoms with Gasteiger partial charge in [0.1, 0.15) is 11.8 Å². The minimum atomic E-state index is -3.58. The van der Waals surface area contributed by atoms with Gasteiger partial charge in [0, 0.05) is 25.2 Å². The molecule has 0 saturated carbocycles. The molecule has 2 aromatic carbocycles. The predicted molar refractivity (Wildman–Crippen MR) is 130 cm³/mol. The van der Waals surface area contributed by atoms with E-state index in [-0.39, 0.29) is 23.5 Å². The average Bonchev–Trinajstić information content (AvgIpc) is 3.43. The topological polar surface area (TPSA) is 115 Å². The molecule has 0 N–H and O–H groups in total. The maximum atomic E-state index is 12.9. The van der Waals surface area contributed by atoms with Crippen LogP contribution in [-0.4, -0.2) is 73.1 Å². The molecule has 1 aromatic heterocycles. The lowest BCUT2D eigenvalue weighted by molar-refractivity contribution is -0.138. The molecule has 11 heteroatoms. The smallest absolute Gasteiger partial charge is 0.261 e. The van der Waals surface area contributed by atoms with Crippen LogP contribution in [0.25, 0.3) is 11.4 Å². The van der Waals surface area contributed by atoms with Gasteiger partial charge in [-0.1, -0.05) is 23.4 Å². The number of sulfonamides is 1. The summed E-state index contributed by atoms with van der Waals surface area (Å²) in [6, 6.07) is 15.3. The zero-order valence-electron chi connectivity index (χ0n) is 19.8. The van der Waals surface area contributed by atoms with E-state index in [0.717, 1.165) is 19.3 Å². The van der Waals surface area contributed by atoms with Crippen LogP contribution in [0.3, 0.4) is 0 Å².